The zero-order valence-electron chi connectivity index (χ0n) is 12.2. The molecule has 0 aliphatic heterocycles. The highest BCUT2D eigenvalue weighted by molar-refractivity contribution is 7.92. The molecule has 3 nitrogen and oxygen atoms in total. The van der Waals surface area contributed by atoms with Crippen molar-refractivity contribution in [3.63, 3.8) is 0 Å². The molecule has 0 heterocycles. The first-order valence-electron chi connectivity index (χ1n) is 6.83. The summed E-state index contributed by atoms with van der Waals surface area (Å²) in [5, 5.41) is 2.36. The lowest BCUT2D eigenvalue weighted by Gasteiger charge is -2.21. The summed E-state index contributed by atoms with van der Waals surface area (Å²) < 4.78 is 26.9. The zero-order valence-corrected chi connectivity index (χ0v) is 14.5. The second kappa shape index (κ2) is 6.04. The standard InChI is InChI=1S/C17H13Cl2NO2S/c1-20(16-8-4-7-15(18)17(16)19)23(21,22)14-10-9-12-5-2-3-6-13(12)11-14/h2-11H,1H3. The van der Waals surface area contributed by atoms with Crippen molar-refractivity contribution in [2.45, 2.75) is 4.90 Å². The maximum atomic E-state index is 12.9. The van der Waals surface area contributed by atoms with Crippen LogP contribution in [0, 0.1) is 0 Å². The minimum absolute atomic E-state index is 0.203. The van der Waals surface area contributed by atoms with Gasteiger partial charge in [-0.1, -0.05) is 59.6 Å². The van der Waals surface area contributed by atoms with E-state index in [0.29, 0.717) is 10.7 Å². The third-order valence-corrected chi connectivity index (χ3v) is 6.23. The normalized spacial score (nSPS) is 11.6. The number of benzene rings is 3. The summed E-state index contributed by atoms with van der Waals surface area (Å²) in [4.78, 5) is 0.203. The van der Waals surface area contributed by atoms with Crippen LogP contribution in [-0.2, 0) is 10.0 Å². The fourth-order valence-electron chi connectivity index (χ4n) is 2.35. The summed E-state index contributed by atoms with van der Waals surface area (Å²) in [6, 6.07) is 17.5. The smallest absolute Gasteiger partial charge is 0.264 e. The van der Waals surface area contributed by atoms with Gasteiger partial charge >= 0.3 is 0 Å². The maximum absolute atomic E-state index is 12.9. The van der Waals surface area contributed by atoms with Crippen LogP contribution in [0.3, 0.4) is 0 Å². The van der Waals surface area contributed by atoms with E-state index in [9.17, 15) is 8.42 Å². The van der Waals surface area contributed by atoms with Gasteiger partial charge < -0.3 is 0 Å². The van der Waals surface area contributed by atoms with Gasteiger partial charge in [0.25, 0.3) is 10.0 Å². The molecule has 0 fully saturated rings. The van der Waals surface area contributed by atoms with Crippen molar-refractivity contribution in [1.82, 2.24) is 0 Å². The average molecular weight is 366 g/mol. The Balaban J connectivity index is 2.10. The largest absolute Gasteiger partial charge is 0.268 e. The fraction of sp³-hybridized carbons (Fsp3) is 0.0588. The fourth-order valence-corrected chi connectivity index (χ4v) is 4.07. The number of hydrogen-bond donors (Lipinski definition) is 0. The van der Waals surface area contributed by atoms with Crippen LogP contribution in [-0.4, -0.2) is 15.5 Å². The third kappa shape index (κ3) is 2.90. The van der Waals surface area contributed by atoms with Crippen molar-refractivity contribution < 1.29 is 8.42 Å². The Kier molecular flexibility index (Phi) is 4.23. The molecule has 3 aromatic carbocycles. The van der Waals surface area contributed by atoms with Crippen LogP contribution in [0.5, 0.6) is 0 Å². The summed E-state index contributed by atoms with van der Waals surface area (Å²) in [5.74, 6) is 0. The molecule has 0 bridgehead atoms. The van der Waals surface area contributed by atoms with Crippen LogP contribution in [0.25, 0.3) is 10.8 Å². The second-order valence-electron chi connectivity index (χ2n) is 5.05. The first kappa shape index (κ1) is 16.1. The minimum Gasteiger partial charge on any atom is -0.268 e. The number of halogens is 2. The van der Waals surface area contributed by atoms with E-state index in [1.165, 1.54) is 7.05 Å². The molecule has 0 spiro atoms. The highest BCUT2D eigenvalue weighted by atomic mass is 35.5. The molecule has 0 unspecified atom stereocenters. The molecule has 0 aromatic heterocycles. The van der Waals surface area contributed by atoms with Crippen molar-refractivity contribution in [3.8, 4) is 0 Å². The molecule has 0 aliphatic carbocycles. The molecule has 0 aliphatic rings. The maximum Gasteiger partial charge on any atom is 0.264 e. The van der Waals surface area contributed by atoms with E-state index >= 15 is 0 Å². The van der Waals surface area contributed by atoms with Gasteiger partial charge in [0.15, 0.2) is 0 Å². The highest BCUT2D eigenvalue weighted by Gasteiger charge is 2.23. The summed E-state index contributed by atoms with van der Waals surface area (Å²) in [6.45, 7) is 0. The van der Waals surface area contributed by atoms with Gasteiger partial charge in [0.1, 0.15) is 0 Å². The van der Waals surface area contributed by atoms with Gasteiger partial charge in [0, 0.05) is 7.05 Å². The lowest BCUT2D eigenvalue weighted by molar-refractivity contribution is 0.594. The Bertz CT molecular complexity index is 987. The molecule has 0 N–H and O–H groups in total. The molecule has 3 aromatic rings. The molecule has 0 amide bonds. The lowest BCUT2D eigenvalue weighted by Crippen LogP contribution is -2.26. The van der Waals surface area contributed by atoms with Crippen LogP contribution < -0.4 is 4.31 Å². The van der Waals surface area contributed by atoms with Crippen LogP contribution in [0.15, 0.2) is 65.6 Å². The summed E-state index contributed by atoms with van der Waals surface area (Å²) in [7, 11) is -2.27. The SMILES string of the molecule is CN(c1cccc(Cl)c1Cl)S(=O)(=O)c1ccc2ccccc2c1. The number of rotatable bonds is 3. The predicted octanol–water partition coefficient (Wildman–Crippen LogP) is 4.97. The summed E-state index contributed by atoms with van der Waals surface area (Å²) in [5.41, 5.74) is 0.340. The molecular weight excluding hydrogens is 353 g/mol. The van der Waals surface area contributed by atoms with Gasteiger partial charge in [-0.25, -0.2) is 8.42 Å². The van der Waals surface area contributed by atoms with Crippen molar-refractivity contribution in [2.24, 2.45) is 0 Å². The van der Waals surface area contributed by atoms with E-state index in [1.54, 1.807) is 36.4 Å². The van der Waals surface area contributed by atoms with Crippen LogP contribution >= 0.6 is 23.2 Å². The number of hydrogen-bond acceptors (Lipinski definition) is 2. The van der Waals surface area contributed by atoms with Crippen LogP contribution in [0.1, 0.15) is 0 Å². The van der Waals surface area contributed by atoms with Gasteiger partial charge in [0.2, 0.25) is 0 Å². The molecule has 0 atom stereocenters. The third-order valence-electron chi connectivity index (χ3n) is 3.65. The topological polar surface area (TPSA) is 37.4 Å². The molecule has 6 heteroatoms. The monoisotopic (exact) mass is 365 g/mol. The van der Waals surface area contributed by atoms with Gasteiger partial charge in [-0.3, -0.25) is 4.31 Å². The Labute approximate surface area is 145 Å². The van der Waals surface area contributed by atoms with Crippen molar-refractivity contribution in [2.75, 3.05) is 11.4 Å². The van der Waals surface area contributed by atoms with Gasteiger partial charge in [-0.2, -0.15) is 0 Å². The van der Waals surface area contributed by atoms with Crippen molar-refractivity contribution in [3.05, 3.63) is 70.7 Å². The van der Waals surface area contributed by atoms with Crippen molar-refractivity contribution in [1.29, 1.82) is 0 Å². The van der Waals surface area contributed by atoms with Crippen molar-refractivity contribution >= 4 is 49.7 Å². The molecule has 3 rings (SSSR count). The Morgan fingerprint density at radius 1 is 0.870 bits per heavy atom. The minimum atomic E-state index is -3.73. The van der Waals surface area contributed by atoms with Gasteiger partial charge in [-0.15, -0.1) is 0 Å². The van der Waals surface area contributed by atoms with E-state index in [2.05, 4.69) is 0 Å². The Morgan fingerprint density at radius 3 is 2.30 bits per heavy atom. The molecular formula is C17H13Cl2NO2S. The van der Waals surface area contributed by atoms with E-state index < -0.39 is 10.0 Å². The van der Waals surface area contributed by atoms with Gasteiger partial charge in [0.05, 0.1) is 20.6 Å². The summed E-state index contributed by atoms with van der Waals surface area (Å²) >= 11 is 12.1. The predicted molar refractivity (Wildman–Crippen MR) is 96.0 cm³/mol. The lowest BCUT2D eigenvalue weighted by atomic mass is 10.1. The molecule has 0 saturated carbocycles. The van der Waals surface area contributed by atoms with Gasteiger partial charge in [-0.05, 0) is 35.0 Å². The quantitative estimate of drug-likeness (QED) is 0.656. The highest BCUT2D eigenvalue weighted by Crippen LogP contribution is 2.34. The zero-order chi connectivity index (χ0) is 16.6. The average Bonchev–Trinajstić information content (AvgIpc) is 2.56. The van der Waals surface area contributed by atoms with E-state index in [-0.39, 0.29) is 9.92 Å². The van der Waals surface area contributed by atoms with Crippen LogP contribution in [0.2, 0.25) is 10.0 Å². The second-order valence-corrected chi connectivity index (χ2v) is 7.81. The van der Waals surface area contributed by atoms with Crippen LogP contribution in [0.4, 0.5) is 5.69 Å². The first-order chi connectivity index (χ1) is 10.9. The number of sulfonamides is 1. The van der Waals surface area contributed by atoms with E-state index in [4.69, 9.17) is 23.2 Å². The molecule has 118 valence electrons. The number of fused-ring (bicyclic) bond motifs is 1. The van der Waals surface area contributed by atoms with E-state index in [0.717, 1.165) is 15.1 Å². The first-order valence-corrected chi connectivity index (χ1v) is 9.02. The summed E-state index contributed by atoms with van der Waals surface area (Å²) in [6.07, 6.45) is 0. The number of nitrogens with zero attached hydrogens (tertiary/aromatic N) is 1. The van der Waals surface area contributed by atoms with E-state index in [1.807, 2.05) is 24.3 Å². The Morgan fingerprint density at radius 2 is 1.57 bits per heavy atom. The molecule has 0 radical (unpaired) electrons. The number of anilines is 1. The molecule has 0 saturated heterocycles. The Hall–Kier alpha value is -1.75. The molecule has 23 heavy (non-hydrogen) atoms.